The predicted octanol–water partition coefficient (Wildman–Crippen LogP) is -0.0350. The Bertz CT molecular complexity index is 741. The van der Waals surface area contributed by atoms with Crippen LogP contribution in [0.5, 0.6) is 0 Å². The number of para-hydroxylation sites is 1. The molecule has 1 aromatic carbocycles. The van der Waals surface area contributed by atoms with Crippen molar-refractivity contribution in [1.82, 2.24) is 9.97 Å². The van der Waals surface area contributed by atoms with Gasteiger partial charge in [0.05, 0.1) is 12.1 Å². The minimum atomic E-state index is -1.41. The zero-order valence-corrected chi connectivity index (χ0v) is 14.1. The van der Waals surface area contributed by atoms with Crippen LogP contribution in [-0.4, -0.2) is 67.6 Å². The molecule has 2 heterocycles. The van der Waals surface area contributed by atoms with Gasteiger partial charge in [0.15, 0.2) is 6.29 Å². The van der Waals surface area contributed by atoms with Crippen LogP contribution >= 0.6 is 0 Å². The first-order valence-electron chi connectivity index (χ1n) is 8.26. The van der Waals surface area contributed by atoms with Gasteiger partial charge in [-0.3, -0.25) is 0 Å². The molecule has 0 bridgehead atoms. The van der Waals surface area contributed by atoms with Crippen molar-refractivity contribution >= 4 is 16.7 Å². The average molecular weight is 349 g/mol. The second-order valence-corrected chi connectivity index (χ2v) is 6.50. The van der Waals surface area contributed by atoms with Crippen LogP contribution in [0.4, 0.5) is 5.82 Å². The number of aromatic nitrogens is 2. The maximum atomic E-state index is 10.3. The summed E-state index contributed by atoms with van der Waals surface area (Å²) in [5.74, 6) is 1.15. The summed E-state index contributed by atoms with van der Waals surface area (Å²) in [4.78, 5) is 9.01. The van der Waals surface area contributed by atoms with Crippen molar-refractivity contribution in [1.29, 1.82) is 0 Å². The van der Waals surface area contributed by atoms with E-state index in [0.717, 1.165) is 10.9 Å². The number of nitrogens with one attached hydrogen (secondary N) is 1. The summed E-state index contributed by atoms with van der Waals surface area (Å²) in [7, 11) is 0. The lowest BCUT2D eigenvalue weighted by atomic mass is 9.97. The molecule has 3 rings (SSSR count). The molecule has 136 valence electrons. The fourth-order valence-electron chi connectivity index (χ4n) is 2.87. The van der Waals surface area contributed by atoms with Gasteiger partial charge in [-0.15, -0.1) is 0 Å². The van der Waals surface area contributed by atoms with Crippen molar-refractivity contribution in [3.05, 3.63) is 30.1 Å². The lowest BCUT2D eigenvalue weighted by molar-refractivity contribution is -0.245. The van der Waals surface area contributed by atoms with Gasteiger partial charge in [-0.2, -0.15) is 0 Å². The molecule has 3 unspecified atom stereocenters. The largest absolute Gasteiger partial charge is 0.394 e. The normalized spacial score (nSPS) is 30.0. The van der Waals surface area contributed by atoms with E-state index in [1.165, 1.54) is 0 Å². The van der Waals surface area contributed by atoms with E-state index in [9.17, 15) is 15.3 Å². The minimum Gasteiger partial charge on any atom is -0.394 e. The zero-order valence-electron chi connectivity index (χ0n) is 14.1. The van der Waals surface area contributed by atoms with Crippen LogP contribution in [0.3, 0.4) is 0 Å². The molecule has 1 aromatic heterocycles. The van der Waals surface area contributed by atoms with Gasteiger partial charge in [0.25, 0.3) is 0 Å². The summed E-state index contributed by atoms with van der Waals surface area (Å²) in [5.41, 5.74) is 0.734. The van der Waals surface area contributed by atoms with Crippen LogP contribution in [0.1, 0.15) is 25.6 Å². The maximum Gasteiger partial charge on any atom is 0.178 e. The van der Waals surface area contributed by atoms with Gasteiger partial charge in [-0.1, -0.05) is 26.0 Å². The van der Waals surface area contributed by atoms with Crippen LogP contribution in [0.15, 0.2) is 24.3 Å². The molecule has 1 fully saturated rings. The molecule has 8 nitrogen and oxygen atoms in total. The number of aliphatic hydroxyl groups is 4. The Hall–Kier alpha value is -1.84. The monoisotopic (exact) mass is 349 g/mol. The average Bonchev–Trinajstić information content (AvgIpc) is 2.61. The third kappa shape index (κ3) is 3.44. The van der Waals surface area contributed by atoms with Gasteiger partial charge in [-0.05, 0) is 12.1 Å². The molecular formula is C17H23N3O5. The van der Waals surface area contributed by atoms with Crippen molar-refractivity contribution in [2.45, 2.75) is 50.4 Å². The third-order valence-corrected chi connectivity index (χ3v) is 4.34. The fourth-order valence-corrected chi connectivity index (χ4v) is 2.87. The Labute approximate surface area is 145 Å². The Morgan fingerprint density at radius 1 is 1.12 bits per heavy atom. The second kappa shape index (κ2) is 7.19. The van der Waals surface area contributed by atoms with Crippen molar-refractivity contribution in [3.8, 4) is 0 Å². The van der Waals surface area contributed by atoms with Crippen LogP contribution < -0.4 is 5.32 Å². The number of hydrogen-bond acceptors (Lipinski definition) is 8. The highest BCUT2D eigenvalue weighted by Gasteiger charge is 2.44. The van der Waals surface area contributed by atoms with Crippen LogP contribution in [0.25, 0.3) is 10.9 Å². The lowest BCUT2D eigenvalue weighted by Gasteiger charge is -2.40. The van der Waals surface area contributed by atoms with E-state index in [2.05, 4.69) is 15.3 Å². The summed E-state index contributed by atoms with van der Waals surface area (Å²) < 4.78 is 5.18. The molecule has 0 saturated carbocycles. The number of hydrogen-bond donors (Lipinski definition) is 5. The molecule has 1 aliphatic rings. The SMILES string of the molecule is CC(C)c1nc(NC2C(O)O[C@H](CO)C(O)[C@@H]2O)c2ccccc2n1. The molecule has 0 radical (unpaired) electrons. The van der Waals surface area contributed by atoms with E-state index in [0.29, 0.717) is 11.6 Å². The van der Waals surface area contributed by atoms with Gasteiger partial charge in [0.2, 0.25) is 0 Å². The zero-order chi connectivity index (χ0) is 18.1. The van der Waals surface area contributed by atoms with Crippen LogP contribution in [0.2, 0.25) is 0 Å². The van der Waals surface area contributed by atoms with Gasteiger partial charge < -0.3 is 30.5 Å². The summed E-state index contributed by atoms with van der Waals surface area (Å²) in [6.45, 7) is 3.43. The number of aliphatic hydroxyl groups excluding tert-OH is 4. The highest BCUT2D eigenvalue weighted by Crippen LogP contribution is 2.27. The minimum absolute atomic E-state index is 0.0898. The quantitative estimate of drug-likeness (QED) is 0.520. The first kappa shape index (κ1) is 18.0. The third-order valence-electron chi connectivity index (χ3n) is 4.34. The molecule has 5 atom stereocenters. The van der Waals surface area contributed by atoms with Gasteiger partial charge in [0.1, 0.15) is 36.0 Å². The van der Waals surface area contributed by atoms with Crippen LogP contribution in [-0.2, 0) is 4.74 Å². The topological polar surface area (TPSA) is 128 Å². The highest BCUT2D eigenvalue weighted by molar-refractivity contribution is 5.89. The number of fused-ring (bicyclic) bond motifs is 1. The highest BCUT2D eigenvalue weighted by atomic mass is 16.6. The van der Waals surface area contributed by atoms with Gasteiger partial charge >= 0.3 is 0 Å². The number of benzene rings is 1. The Morgan fingerprint density at radius 3 is 2.52 bits per heavy atom. The molecule has 1 saturated heterocycles. The van der Waals surface area contributed by atoms with E-state index < -0.39 is 37.3 Å². The maximum absolute atomic E-state index is 10.3. The lowest BCUT2D eigenvalue weighted by Crippen LogP contribution is -2.61. The van der Waals surface area contributed by atoms with Crippen molar-refractivity contribution in [2.24, 2.45) is 0 Å². The number of rotatable bonds is 4. The molecular weight excluding hydrogens is 326 g/mol. The molecule has 0 amide bonds. The summed E-state index contributed by atoms with van der Waals surface area (Å²) >= 11 is 0. The Balaban J connectivity index is 1.97. The first-order valence-corrected chi connectivity index (χ1v) is 8.26. The van der Waals surface area contributed by atoms with E-state index in [4.69, 9.17) is 9.84 Å². The summed E-state index contributed by atoms with van der Waals surface area (Å²) in [5, 5.41) is 43.4. The molecule has 5 N–H and O–H groups in total. The molecule has 0 aliphatic carbocycles. The number of ether oxygens (including phenoxy) is 1. The van der Waals surface area contributed by atoms with Gasteiger partial charge in [0, 0.05) is 11.3 Å². The number of nitrogens with zero attached hydrogens (tertiary/aromatic N) is 2. The summed E-state index contributed by atoms with van der Waals surface area (Å²) in [6, 6.07) is 6.39. The number of anilines is 1. The first-order chi connectivity index (χ1) is 11.9. The van der Waals surface area contributed by atoms with Gasteiger partial charge in [-0.25, -0.2) is 9.97 Å². The van der Waals surface area contributed by atoms with E-state index in [-0.39, 0.29) is 5.92 Å². The standard InChI is InChI=1S/C17H23N3O5/c1-8(2)15-18-10-6-4-3-5-9(10)16(20-15)19-12-14(23)13(22)11(7-21)25-17(12)24/h3-6,8,11-14,17,21-24H,7H2,1-2H3,(H,18,19,20)/t11-,12?,13?,14-,17?/m1/s1. The Kier molecular flexibility index (Phi) is 5.16. The molecule has 2 aromatic rings. The molecule has 8 heteroatoms. The van der Waals surface area contributed by atoms with E-state index >= 15 is 0 Å². The fraction of sp³-hybridized carbons (Fsp3) is 0.529. The van der Waals surface area contributed by atoms with Crippen molar-refractivity contribution in [3.63, 3.8) is 0 Å². The van der Waals surface area contributed by atoms with Crippen LogP contribution in [0, 0.1) is 0 Å². The Morgan fingerprint density at radius 2 is 1.84 bits per heavy atom. The smallest absolute Gasteiger partial charge is 0.178 e. The van der Waals surface area contributed by atoms with Crippen molar-refractivity contribution < 1.29 is 25.2 Å². The van der Waals surface area contributed by atoms with E-state index in [1.807, 2.05) is 38.1 Å². The molecule has 1 aliphatic heterocycles. The second-order valence-electron chi connectivity index (χ2n) is 6.50. The van der Waals surface area contributed by atoms with E-state index in [1.54, 1.807) is 0 Å². The summed E-state index contributed by atoms with van der Waals surface area (Å²) in [6.07, 6.45) is -5.12. The molecule has 25 heavy (non-hydrogen) atoms. The molecule has 0 spiro atoms. The van der Waals surface area contributed by atoms with Crippen molar-refractivity contribution in [2.75, 3.05) is 11.9 Å². The predicted molar refractivity (Wildman–Crippen MR) is 91.0 cm³/mol.